The first kappa shape index (κ1) is 13.8. The van der Waals surface area contributed by atoms with E-state index in [2.05, 4.69) is 25.2 Å². The quantitative estimate of drug-likeness (QED) is 0.883. The lowest BCUT2D eigenvalue weighted by atomic mass is 9.73. The first-order chi connectivity index (χ1) is 10.8. The van der Waals surface area contributed by atoms with Gasteiger partial charge in [-0.25, -0.2) is 15.0 Å². The molecule has 118 valence electrons. The Kier molecular flexibility index (Phi) is 3.37. The summed E-state index contributed by atoms with van der Waals surface area (Å²) in [6, 6.07) is 2.31. The minimum absolute atomic E-state index is 0.0717. The minimum Gasteiger partial charge on any atom is -0.481 e. The van der Waals surface area contributed by atoms with Crippen molar-refractivity contribution in [2.75, 3.05) is 38.6 Å². The molecule has 7 heteroatoms. The lowest BCUT2D eigenvalue weighted by Gasteiger charge is -2.53. The Morgan fingerprint density at radius 1 is 1.36 bits per heavy atom. The summed E-state index contributed by atoms with van der Waals surface area (Å²) >= 11 is 0. The topological polar surface area (TPSA) is 71.9 Å². The number of ether oxygens (including phenoxy) is 2. The molecule has 0 amide bonds. The molecule has 22 heavy (non-hydrogen) atoms. The highest BCUT2D eigenvalue weighted by atomic mass is 16.5. The van der Waals surface area contributed by atoms with Crippen LogP contribution in [0.4, 0.5) is 5.82 Å². The number of amidine groups is 1. The molecule has 7 nitrogen and oxygen atoms in total. The summed E-state index contributed by atoms with van der Waals surface area (Å²) in [4.78, 5) is 15.2. The van der Waals surface area contributed by atoms with E-state index in [1.807, 2.05) is 0 Å². The average molecular weight is 303 g/mol. The molecule has 1 aromatic rings. The number of nitrogens with zero attached hydrogens (tertiary/aromatic N) is 4. The van der Waals surface area contributed by atoms with E-state index >= 15 is 0 Å². The van der Waals surface area contributed by atoms with E-state index in [0.29, 0.717) is 23.6 Å². The van der Waals surface area contributed by atoms with Crippen LogP contribution in [0.5, 0.6) is 5.88 Å². The predicted octanol–water partition coefficient (Wildman–Crippen LogP) is 1.14. The average Bonchev–Trinajstić information content (AvgIpc) is 2.56. The van der Waals surface area contributed by atoms with Gasteiger partial charge in [-0.05, 0) is 25.9 Å². The molecule has 0 aliphatic carbocycles. The highest BCUT2D eigenvalue weighted by Crippen LogP contribution is 2.42. The van der Waals surface area contributed by atoms with Gasteiger partial charge in [0.05, 0.1) is 7.11 Å². The molecule has 0 radical (unpaired) electrons. The molecule has 1 unspecified atom stereocenters. The van der Waals surface area contributed by atoms with Gasteiger partial charge in [-0.1, -0.05) is 0 Å². The number of anilines is 1. The normalized spacial score (nSPS) is 33.2. The van der Waals surface area contributed by atoms with Gasteiger partial charge in [0.25, 0.3) is 6.02 Å². The van der Waals surface area contributed by atoms with Gasteiger partial charge < -0.3 is 9.47 Å². The molecule has 4 aliphatic rings. The SMILES string of the molecule is COc1cc(NC2=NCCC3(CN4CCC3CC4)O2)ncn1. The van der Waals surface area contributed by atoms with E-state index in [-0.39, 0.29) is 5.60 Å². The predicted molar refractivity (Wildman–Crippen MR) is 82.1 cm³/mol. The largest absolute Gasteiger partial charge is 0.481 e. The zero-order valence-corrected chi connectivity index (χ0v) is 12.8. The summed E-state index contributed by atoms with van der Waals surface area (Å²) in [5.41, 5.74) is -0.0717. The standard InChI is InChI=1S/C15H21N5O2/c1-21-13-8-12(17-10-18-13)19-14-16-5-4-15(22-14)9-20-6-2-11(15)3-7-20/h8,10-11H,2-7,9H2,1H3,(H,16,17,18,19). The van der Waals surface area contributed by atoms with Crippen molar-refractivity contribution in [3.8, 4) is 5.88 Å². The van der Waals surface area contributed by atoms with Crippen LogP contribution in [0.15, 0.2) is 17.4 Å². The van der Waals surface area contributed by atoms with Gasteiger partial charge in [-0.2, -0.15) is 0 Å². The zero-order valence-electron chi connectivity index (χ0n) is 12.8. The van der Waals surface area contributed by atoms with Crippen molar-refractivity contribution >= 4 is 11.8 Å². The number of methoxy groups -OCH3 is 1. The Morgan fingerprint density at radius 3 is 2.95 bits per heavy atom. The van der Waals surface area contributed by atoms with Crippen molar-refractivity contribution in [2.45, 2.75) is 24.9 Å². The van der Waals surface area contributed by atoms with Crippen LogP contribution in [0.1, 0.15) is 19.3 Å². The molecule has 1 aromatic heterocycles. The molecule has 1 N–H and O–H groups in total. The fourth-order valence-electron chi connectivity index (χ4n) is 3.84. The summed E-state index contributed by atoms with van der Waals surface area (Å²) in [6.45, 7) is 4.23. The number of aliphatic imine (C=N–C) groups is 1. The molecule has 5 rings (SSSR count). The van der Waals surface area contributed by atoms with E-state index in [0.717, 1.165) is 19.5 Å². The van der Waals surface area contributed by atoms with Gasteiger partial charge >= 0.3 is 0 Å². The highest BCUT2D eigenvalue weighted by molar-refractivity contribution is 5.88. The van der Waals surface area contributed by atoms with Crippen LogP contribution in [0.3, 0.4) is 0 Å². The second kappa shape index (κ2) is 5.39. The lowest BCUT2D eigenvalue weighted by molar-refractivity contribution is -0.109. The zero-order chi connectivity index (χ0) is 15.0. The van der Waals surface area contributed by atoms with Gasteiger partial charge in [0.2, 0.25) is 5.88 Å². The summed E-state index contributed by atoms with van der Waals surface area (Å²) in [5, 5.41) is 3.16. The van der Waals surface area contributed by atoms with Crippen molar-refractivity contribution in [1.29, 1.82) is 0 Å². The fourth-order valence-corrected chi connectivity index (χ4v) is 3.84. The Labute approximate surface area is 129 Å². The van der Waals surface area contributed by atoms with E-state index in [4.69, 9.17) is 9.47 Å². The van der Waals surface area contributed by atoms with Crippen LogP contribution in [0, 0.1) is 5.92 Å². The third-order valence-corrected chi connectivity index (χ3v) is 5.00. The number of piperidine rings is 3. The first-order valence-electron chi connectivity index (χ1n) is 7.86. The van der Waals surface area contributed by atoms with Crippen LogP contribution in [0.25, 0.3) is 0 Å². The molecule has 3 fully saturated rings. The first-order valence-corrected chi connectivity index (χ1v) is 7.86. The van der Waals surface area contributed by atoms with E-state index in [9.17, 15) is 0 Å². The van der Waals surface area contributed by atoms with Crippen LogP contribution in [-0.4, -0.2) is 59.8 Å². The molecule has 0 aromatic carbocycles. The maximum absolute atomic E-state index is 6.32. The van der Waals surface area contributed by atoms with Gasteiger partial charge in [0.1, 0.15) is 17.7 Å². The third kappa shape index (κ3) is 2.39. The molecular weight excluding hydrogens is 282 g/mol. The van der Waals surface area contributed by atoms with Crippen molar-refractivity contribution in [1.82, 2.24) is 14.9 Å². The Morgan fingerprint density at radius 2 is 2.23 bits per heavy atom. The monoisotopic (exact) mass is 303 g/mol. The number of hydrogen-bond acceptors (Lipinski definition) is 7. The summed E-state index contributed by atoms with van der Waals surface area (Å²) < 4.78 is 11.4. The van der Waals surface area contributed by atoms with Gasteiger partial charge in [-0.15, -0.1) is 0 Å². The Bertz CT molecular complexity index is 585. The summed E-state index contributed by atoms with van der Waals surface area (Å²) in [6.07, 6.45) is 4.93. The fraction of sp³-hybridized carbons (Fsp3) is 0.667. The number of aromatic nitrogens is 2. The Balaban J connectivity index is 1.50. The van der Waals surface area contributed by atoms with Crippen molar-refractivity contribution < 1.29 is 9.47 Å². The van der Waals surface area contributed by atoms with Crippen molar-refractivity contribution in [2.24, 2.45) is 10.9 Å². The third-order valence-electron chi connectivity index (χ3n) is 5.00. The Hall–Kier alpha value is -1.89. The summed E-state index contributed by atoms with van der Waals surface area (Å²) in [5.74, 6) is 1.81. The van der Waals surface area contributed by atoms with E-state index in [1.165, 1.54) is 32.3 Å². The van der Waals surface area contributed by atoms with Gasteiger partial charge in [0.15, 0.2) is 0 Å². The number of rotatable bonds is 2. The number of fused-ring (bicyclic) bond motifs is 2. The summed E-state index contributed by atoms with van der Waals surface area (Å²) in [7, 11) is 1.59. The van der Waals surface area contributed by atoms with Crippen molar-refractivity contribution in [3.63, 3.8) is 0 Å². The van der Waals surface area contributed by atoms with E-state index in [1.54, 1.807) is 13.2 Å². The second-order valence-corrected chi connectivity index (χ2v) is 6.22. The maximum atomic E-state index is 6.32. The molecule has 1 atom stereocenters. The highest BCUT2D eigenvalue weighted by Gasteiger charge is 2.50. The molecule has 2 bridgehead atoms. The number of hydrogen-bond donors (Lipinski definition) is 1. The second-order valence-electron chi connectivity index (χ2n) is 6.22. The smallest absolute Gasteiger partial charge is 0.290 e. The molecular formula is C15H21N5O2. The molecule has 1 spiro atoms. The van der Waals surface area contributed by atoms with Gasteiger partial charge in [0, 0.05) is 31.5 Å². The molecule has 3 saturated heterocycles. The van der Waals surface area contributed by atoms with Crippen LogP contribution >= 0.6 is 0 Å². The lowest BCUT2D eigenvalue weighted by Crippen LogP contribution is -2.62. The van der Waals surface area contributed by atoms with E-state index < -0.39 is 0 Å². The van der Waals surface area contributed by atoms with Gasteiger partial charge in [-0.3, -0.25) is 10.2 Å². The minimum atomic E-state index is -0.0717. The van der Waals surface area contributed by atoms with Crippen LogP contribution < -0.4 is 10.1 Å². The molecule has 5 heterocycles. The maximum Gasteiger partial charge on any atom is 0.290 e. The number of nitrogens with one attached hydrogen (secondary N) is 1. The van der Waals surface area contributed by atoms with Crippen molar-refractivity contribution in [3.05, 3.63) is 12.4 Å². The molecule has 4 aliphatic heterocycles. The van der Waals surface area contributed by atoms with Crippen LogP contribution in [0.2, 0.25) is 0 Å². The molecule has 0 saturated carbocycles. The van der Waals surface area contributed by atoms with Crippen LogP contribution in [-0.2, 0) is 4.74 Å².